The summed E-state index contributed by atoms with van der Waals surface area (Å²) in [6.45, 7) is 2.54. The molecule has 42 heavy (non-hydrogen) atoms. The first-order chi connectivity index (χ1) is 20.2. The van der Waals surface area contributed by atoms with E-state index in [1.165, 1.54) is 17.0 Å². The normalized spacial score (nSPS) is 13.9. The number of anilines is 2. The predicted molar refractivity (Wildman–Crippen MR) is 136 cm³/mol. The second-order valence-corrected chi connectivity index (χ2v) is 9.30. The molecule has 0 spiro atoms. The lowest BCUT2D eigenvalue weighted by atomic mass is 10.2. The highest BCUT2D eigenvalue weighted by atomic mass is 19.3. The number of aromatic nitrogens is 7. The van der Waals surface area contributed by atoms with E-state index in [2.05, 4.69) is 30.6 Å². The van der Waals surface area contributed by atoms with Crippen molar-refractivity contribution < 1.29 is 35.8 Å². The third-order valence-electron chi connectivity index (χ3n) is 6.39. The topological polar surface area (TPSA) is 105 Å². The Bertz CT molecular complexity index is 1740. The highest BCUT2D eigenvalue weighted by molar-refractivity contribution is 5.86. The Morgan fingerprint density at radius 1 is 0.952 bits per heavy atom. The van der Waals surface area contributed by atoms with E-state index in [0.717, 1.165) is 11.8 Å². The molecule has 1 aliphatic heterocycles. The van der Waals surface area contributed by atoms with Crippen LogP contribution in [0.3, 0.4) is 0 Å². The fourth-order valence-corrected chi connectivity index (χ4v) is 4.25. The Morgan fingerprint density at radius 3 is 2.40 bits per heavy atom. The highest BCUT2D eigenvalue weighted by Crippen LogP contribution is 2.36. The largest absolute Gasteiger partial charge is 0.483 e. The first-order valence-corrected chi connectivity index (χ1v) is 12.5. The van der Waals surface area contributed by atoms with Gasteiger partial charge in [0.05, 0.1) is 41.2 Å². The molecule has 1 aliphatic rings. The minimum atomic E-state index is -3.28. The molecule has 5 heterocycles. The van der Waals surface area contributed by atoms with Gasteiger partial charge in [0.15, 0.2) is 11.6 Å². The molecule has 0 aliphatic carbocycles. The van der Waals surface area contributed by atoms with Gasteiger partial charge in [-0.1, -0.05) is 0 Å². The zero-order valence-electron chi connectivity index (χ0n) is 21.6. The van der Waals surface area contributed by atoms with Gasteiger partial charge >= 0.3 is 0 Å². The highest BCUT2D eigenvalue weighted by Gasteiger charge is 2.27. The van der Waals surface area contributed by atoms with Gasteiger partial charge < -0.3 is 14.8 Å². The Kier molecular flexibility index (Phi) is 7.14. The number of nitrogens with zero attached hydrogens (tertiary/aromatic N) is 7. The van der Waals surface area contributed by atoms with Crippen molar-refractivity contribution in [3.8, 4) is 17.4 Å². The fourth-order valence-electron chi connectivity index (χ4n) is 4.25. The lowest BCUT2D eigenvalue weighted by Crippen LogP contribution is -2.38. The van der Waals surface area contributed by atoms with Crippen LogP contribution in [0.2, 0.25) is 0 Å². The maximum atomic E-state index is 13.9. The van der Waals surface area contributed by atoms with Crippen LogP contribution in [-0.2, 0) is 4.74 Å². The van der Waals surface area contributed by atoms with Crippen molar-refractivity contribution >= 4 is 22.5 Å². The first-order valence-electron chi connectivity index (χ1n) is 12.5. The van der Waals surface area contributed by atoms with Crippen LogP contribution in [0.15, 0.2) is 48.8 Å². The number of rotatable bonds is 9. The van der Waals surface area contributed by atoms with E-state index in [1.807, 2.05) is 0 Å². The number of benzene rings is 1. The average Bonchev–Trinajstić information content (AvgIpc) is 3.56. The van der Waals surface area contributed by atoms with Crippen molar-refractivity contribution in [2.75, 3.05) is 18.5 Å². The fraction of sp³-hybridized carbons (Fsp3) is 0.269. The number of aryl methyl sites for hydroxylation is 1. The zero-order valence-corrected chi connectivity index (χ0v) is 21.6. The molecule has 1 N–H and O–H groups in total. The van der Waals surface area contributed by atoms with Gasteiger partial charge in [-0.2, -0.15) is 10.2 Å². The molecule has 218 valence electrons. The number of hydrogen-bond donors (Lipinski definition) is 1. The number of ether oxygens (including phenoxy) is 2. The summed E-state index contributed by atoms with van der Waals surface area (Å²) < 4.78 is 94.9. The van der Waals surface area contributed by atoms with Crippen LogP contribution < -0.4 is 10.1 Å². The summed E-state index contributed by atoms with van der Waals surface area (Å²) in [6, 6.07) is 9.50. The molecule has 6 rings (SSSR count). The van der Waals surface area contributed by atoms with Crippen LogP contribution in [0.4, 0.5) is 37.8 Å². The van der Waals surface area contributed by atoms with Crippen molar-refractivity contribution in [2.24, 2.45) is 0 Å². The molecule has 0 saturated carbocycles. The monoisotopic (exact) mass is 590 g/mol. The van der Waals surface area contributed by atoms with Crippen molar-refractivity contribution in [3.63, 3.8) is 0 Å². The molecular formula is C26H20F6N8O2. The summed E-state index contributed by atoms with van der Waals surface area (Å²) in [4.78, 5) is 8.54. The van der Waals surface area contributed by atoms with E-state index in [1.54, 1.807) is 31.2 Å². The Balaban J connectivity index is 1.46. The molecule has 1 aromatic carbocycles. The average molecular weight is 590 g/mol. The first kappa shape index (κ1) is 27.4. The molecular weight excluding hydrogens is 570 g/mol. The number of pyridine rings is 1. The summed E-state index contributed by atoms with van der Waals surface area (Å²) in [7, 11) is 0. The molecule has 4 aromatic heterocycles. The second kappa shape index (κ2) is 10.9. The van der Waals surface area contributed by atoms with E-state index in [-0.39, 0.29) is 11.9 Å². The van der Waals surface area contributed by atoms with Crippen molar-refractivity contribution in [1.82, 2.24) is 34.5 Å². The van der Waals surface area contributed by atoms with Gasteiger partial charge in [0.25, 0.3) is 19.3 Å². The van der Waals surface area contributed by atoms with Crippen LogP contribution in [0, 0.1) is 6.92 Å². The minimum Gasteiger partial charge on any atom is -0.483 e. The molecule has 0 atom stereocenters. The van der Waals surface area contributed by atoms with Crippen molar-refractivity contribution in [2.45, 2.75) is 32.3 Å². The van der Waals surface area contributed by atoms with Crippen LogP contribution in [0.1, 0.15) is 41.9 Å². The molecule has 0 bridgehead atoms. The zero-order chi connectivity index (χ0) is 29.5. The van der Waals surface area contributed by atoms with Gasteiger partial charge in [-0.05, 0) is 43.3 Å². The van der Waals surface area contributed by atoms with Crippen LogP contribution in [0.5, 0.6) is 5.75 Å². The standard InChI is InChI=1S/C26H20F6N8O2/c1-12-2-4-21(37-36-12)34-16-6-15-18(8-20(16)42-13-9-41-10-13)39(11-33-15)22-5-3-14(23(27)28)26(35-22)40-19(25(31)32)7-17(38-40)24(29)30/h2-8,11,13,23-25H,9-10H2,1H3,(H,34,37). The number of alkyl halides is 6. The summed E-state index contributed by atoms with van der Waals surface area (Å²) in [6.07, 6.45) is -8.52. The maximum absolute atomic E-state index is 13.9. The quantitative estimate of drug-likeness (QED) is 0.207. The number of nitrogens with one attached hydrogen (secondary N) is 1. The van der Waals surface area contributed by atoms with Gasteiger partial charge in [0.1, 0.15) is 35.4 Å². The number of imidazole rings is 1. The van der Waals surface area contributed by atoms with E-state index in [9.17, 15) is 26.3 Å². The van der Waals surface area contributed by atoms with Crippen molar-refractivity contribution in [3.05, 3.63) is 71.4 Å². The second-order valence-electron chi connectivity index (χ2n) is 9.30. The van der Waals surface area contributed by atoms with Gasteiger partial charge in [-0.15, -0.1) is 5.10 Å². The molecule has 0 unspecified atom stereocenters. The Labute approximate surface area is 232 Å². The van der Waals surface area contributed by atoms with E-state index >= 15 is 0 Å². The Hall–Kier alpha value is -4.73. The lowest BCUT2D eigenvalue weighted by Gasteiger charge is -2.27. The van der Waals surface area contributed by atoms with Gasteiger partial charge in [0, 0.05) is 6.07 Å². The predicted octanol–water partition coefficient (Wildman–Crippen LogP) is 6.04. The Morgan fingerprint density at radius 2 is 1.76 bits per heavy atom. The number of halogens is 6. The summed E-state index contributed by atoms with van der Waals surface area (Å²) in [5.41, 5.74) is -0.665. The molecule has 1 fully saturated rings. The number of hydrogen-bond acceptors (Lipinski definition) is 8. The van der Waals surface area contributed by atoms with Crippen LogP contribution >= 0.6 is 0 Å². The summed E-state index contributed by atoms with van der Waals surface area (Å²) >= 11 is 0. The number of fused-ring (bicyclic) bond motifs is 1. The third-order valence-corrected chi connectivity index (χ3v) is 6.39. The van der Waals surface area contributed by atoms with Crippen LogP contribution in [0.25, 0.3) is 22.7 Å². The van der Waals surface area contributed by atoms with Crippen molar-refractivity contribution in [1.29, 1.82) is 0 Å². The maximum Gasteiger partial charge on any atom is 0.282 e. The van der Waals surface area contributed by atoms with Crippen LogP contribution in [-0.4, -0.2) is 53.8 Å². The lowest BCUT2D eigenvalue weighted by molar-refractivity contribution is -0.0793. The molecule has 10 nitrogen and oxygen atoms in total. The van der Waals surface area contributed by atoms with E-state index < -0.39 is 42.0 Å². The third kappa shape index (κ3) is 5.20. The van der Waals surface area contributed by atoms with Gasteiger partial charge in [-0.3, -0.25) is 4.57 Å². The molecule has 5 aromatic rings. The smallest absolute Gasteiger partial charge is 0.282 e. The SMILES string of the molecule is Cc1ccc(Nc2cc3ncn(-c4ccc(C(F)F)c(-n5nc(C(F)F)cc5C(F)F)n4)c3cc2OC2COC2)nn1. The van der Waals surface area contributed by atoms with E-state index in [4.69, 9.17) is 9.47 Å². The summed E-state index contributed by atoms with van der Waals surface area (Å²) in [5, 5.41) is 14.7. The molecule has 16 heteroatoms. The molecule has 1 saturated heterocycles. The van der Waals surface area contributed by atoms with Gasteiger partial charge in [-0.25, -0.2) is 41.0 Å². The molecule has 0 radical (unpaired) electrons. The molecule has 0 amide bonds. The van der Waals surface area contributed by atoms with E-state index in [0.29, 0.717) is 52.3 Å². The summed E-state index contributed by atoms with van der Waals surface area (Å²) in [5.74, 6) is 0.110. The van der Waals surface area contributed by atoms with Gasteiger partial charge in [0.2, 0.25) is 0 Å². The minimum absolute atomic E-state index is 0.00532.